The Balaban J connectivity index is 2.55. The summed E-state index contributed by atoms with van der Waals surface area (Å²) < 4.78 is 38.7. The molecule has 1 saturated carbocycles. The number of alkyl halides is 3. The van der Waals surface area contributed by atoms with E-state index in [1.165, 1.54) is 12.1 Å². The highest BCUT2D eigenvalue weighted by molar-refractivity contribution is 6.31. The first-order valence-electron chi connectivity index (χ1n) is 5.28. The number of nitrogens with two attached hydrogens (primary N) is 1. The molecule has 5 heteroatoms. The van der Waals surface area contributed by atoms with Gasteiger partial charge in [0.15, 0.2) is 0 Å². The fourth-order valence-corrected chi connectivity index (χ4v) is 2.62. The van der Waals surface area contributed by atoms with Gasteiger partial charge in [-0.1, -0.05) is 31.5 Å². The van der Waals surface area contributed by atoms with Crippen molar-refractivity contribution in [3.05, 3.63) is 34.3 Å². The second-order valence-electron chi connectivity index (χ2n) is 5.02. The van der Waals surface area contributed by atoms with E-state index in [4.69, 9.17) is 17.3 Å². The fourth-order valence-electron chi connectivity index (χ4n) is 2.33. The predicted octanol–water partition coefficient (Wildman–Crippen LogP) is 3.81. The Morgan fingerprint density at radius 3 is 2.24 bits per heavy atom. The average Bonchev–Trinajstić information content (AvgIpc) is 2.65. The van der Waals surface area contributed by atoms with Gasteiger partial charge in [-0.3, -0.25) is 0 Å². The van der Waals surface area contributed by atoms with Crippen LogP contribution in [-0.4, -0.2) is 6.04 Å². The van der Waals surface area contributed by atoms with Crippen LogP contribution in [0.5, 0.6) is 0 Å². The third-order valence-electron chi connectivity index (χ3n) is 3.58. The highest BCUT2D eigenvalue weighted by Crippen LogP contribution is 2.60. The summed E-state index contributed by atoms with van der Waals surface area (Å²) in [6, 6.07) is 3.58. The lowest BCUT2D eigenvalue weighted by atomic mass is 9.97. The smallest absolute Gasteiger partial charge is 0.327 e. The van der Waals surface area contributed by atoms with Crippen LogP contribution in [0.15, 0.2) is 18.2 Å². The molecule has 17 heavy (non-hydrogen) atoms. The number of halogens is 4. The van der Waals surface area contributed by atoms with Gasteiger partial charge in [-0.15, -0.1) is 0 Å². The van der Waals surface area contributed by atoms with Crippen molar-refractivity contribution in [2.24, 2.45) is 11.1 Å². The first-order valence-corrected chi connectivity index (χ1v) is 5.66. The van der Waals surface area contributed by atoms with Crippen molar-refractivity contribution in [1.29, 1.82) is 0 Å². The van der Waals surface area contributed by atoms with Crippen LogP contribution in [0.1, 0.15) is 30.9 Å². The van der Waals surface area contributed by atoms with E-state index in [2.05, 4.69) is 0 Å². The van der Waals surface area contributed by atoms with Crippen molar-refractivity contribution in [2.45, 2.75) is 32.0 Å². The average molecular weight is 264 g/mol. The third kappa shape index (κ3) is 1.93. The summed E-state index contributed by atoms with van der Waals surface area (Å²) in [7, 11) is 0. The molecule has 0 radical (unpaired) electrons. The van der Waals surface area contributed by atoms with Gasteiger partial charge in [0.25, 0.3) is 0 Å². The van der Waals surface area contributed by atoms with Crippen LogP contribution in [-0.2, 0) is 6.18 Å². The van der Waals surface area contributed by atoms with Crippen molar-refractivity contribution in [3.63, 3.8) is 0 Å². The Kier molecular flexibility index (Phi) is 2.71. The lowest BCUT2D eigenvalue weighted by molar-refractivity contribution is -0.138. The molecule has 0 unspecified atom stereocenters. The lowest BCUT2D eigenvalue weighted by Gasteiger charge is -2.15. The van der Waals surface area contributed by atoms with Crippen molar-refractivity contribution in [3.8, 4) is 0 Å². The molecule has 0 spiro atoms. The molecule has 0 amide bonds. The van der Waals surface area contributed by atoms with E-state index in [0.29, 0.717) is 0 Å². The maximum absolute atomic E-state index is 12.9. The predicted molar refractivity (Wildman–Crippen MR) is 61.0 cm³/mol. The molecule has 1 fully saturated rings. The molecule has 2 N–H and O–H groups in total. The molecule has 0 saturated heterocycles. The minimum absolute atomic E-state index is 0.138. The van der Waals surface area contributed by atoms with E-state index >= 15 is 0 Å². The van der Waals surface area contributed by atoms with Gasteiger partial charge in [-0.2, -0.15) is 13.2 Å². The molecule has 94 valence electrons. The number of rotatable bonds is 1. The molecule has 1 aliphatic carbocycles. The van der Waals surface area contributed by atoms with E-state index in [-0.39, 0.29) is 28.0 Å². The standard InChI is InChI=1S/C12H13ClF3N/c1-11(2)9(10(11)17)8-6(12(14,15)16)4-3-5-7(8)13/h3-5,9-10H,17H2,1-2H3/t9-,10-/m1/s1. The van der Waals surface area contributed by atoms with Crippen molar-refractivity contribution >= 4 is 11.6 Å². The van der Waals surface area contributed by atoms with Crippen LogP contribution in [0.2, 0.25) is 5.02 Å². The molecule has 0 heterocycles. The summed E-state index contributed by atoms with van der Waals surface area (Å²) in [4.78, 5) is 0. The van der Waals surface area contributed by atoms with E-state index < -0.39 is 11.7 Å². The Morgan fingerprint density at radius 2 is 1.82 bits per heavy atom. The van der Waals surface area contributed by atoms with Crippen LogP contribution in [0.3, 0.4) is 0 Å². The minimum Gasteiger partial charge on any atom is -0.327 e. The quantitative estimate of drug-likeness (QED) is 0.819. The fraction of sp³-hybridized carbons (Fsp3) is 0.500. The number of hydrogen-bond acceptors (Lipinski definition) is 1. The zero-order valence-electron chi connectivity index (χ0n) is 9.48. The van der Waals surface area contributed by atoms with Gasteiger partial charge in [0.1, 0.15) is 0 Å². The topological polar surface area (TPSA) is 26.0 Å². The Labute approximate surface area is 103 Å². The zero-order valence-corrected chi connectivity index (χ0v) is 10.2. The van der Waals surface area contributed by atoms with Crippen LogP contribution in [0.25, 0.3) is 0 Å². The van der Waals surface area contributed by atoms with Gasteiger partial charge in [0.2, 0.25) is 0 Å². The Bertz CT molecular complexity index is 454. The third-order valence-corrected chi connectivity index (χ3v) is 3.91. The highest BCUT2D eigenvalue weighted by Gasteiger charge is 2.58. The molecular weight excluding hydrogens is 251 g/mol. The summed E-state index contributed by atoms with van der Waals surface area (Å²) in [5.74, 6) is -0.326. The molecule has 0 bridgehead atoms. The molecule has 2 atom stereocenters. The maximum atomic E-state index is 12.9. The normalized spacial score (nSPS) is 27.0. The van der Waals surface area contributed by atoms with E-state index in [1.54, 1.807) is 0 Å². The van der Waals surface area contributed by atoms with Crippen molar-refractivity contribution in [1.82, 2.24) is 0 Å². The van der Waals surface area contributed by atoms with Crippen LogP contribution < -0.4 is 5.73 Å². The monoisotopic (exact) mass is 263 g/mol. The van der Waals surface area contributed by atoms with Crippen LogP contribution in [0.4, 0.5) is 13.2 Å². The van der Waals surface area contributed by atoms with Gasteiger partial charge < -0.3 is 5.73 Å². The molecule has 2 rings (SSSR count). The summed E-state index contributed by atoms with van der Waals surface area (Å²) in [5.41, 5.74) is 4.97. The maximum Gasteiger partial charge on any atom is 0.416 e. The second-order valence-corrected chi connectivity index (χ2v) is 5.43. The molecule has 1 aromatic rings. The summed E-state index contributed by atoms with van der Waals surface area (Å²) in [6.45, 7) is 3.71. The summed E-state index contributed by atoms with van der Waals surface area (Å²) in [6.07, 6.45) is -4.39. The molecule has 1 aromatic carbocycles. The minimum atomic E-state index is -4.39. The highest BCUT2D eigenvalue weighted by atomic mass is 35.5. The van der Waals surface area contributed by atoms with Crippen molar-refractivity contribution in [2.75, 3.05) is 0 Å². The van der Waals surface area contributed by atoms with E-state index in [0.717, 1.165) is 6.07 Å². The molecule has 1 nitrogen and oxygen atoms in total. The first-order chi connectivity index (χ1) is 7.67. The van der Waals surface area contributed by atoms with Gasteiger partial charge in [0.05, 0.1) is 5.56 Å². The molecule has 0 aromatic heterocycles. The first kappa shape index (κ1) is 12.7. The zero-order chi connectivity index (χ0) is 13.0. The van der Waals surface area contributed by atoms with E-state index in [1.807, 2.05) is 13.8 Å². The van der Waals surface area contributed by atoms with Gasteiger partial charge >= 0.3 is 6.18 Å². The molecular formula is C12H13ClF3N. The number of benzene rings is 1. The van der Waals surface area contributed by atoms with E-state index in [9.17, 15) is 13.2 Å². The molecule has 0 aliphatic heterocycles. The van der Waals surface area contributed by atoms with Crippen LogP contribution in [0, 0.1) is 5.41 Å². The lowest BCUT2D eigenvalue weighted by Crippen LogP contribution is -2.11. The molecule has 1 aliphatic rings. The van der Waals surface area contributed by atoms with Gasteiger partial charge in [0, 0.05) is 17.0 Å². The summed E-state index contributed by atoms with van der Waals surface area (Å²) >= 11 is 5.91. The van der Waals surface area contributed by atoms with Gasteiger partial charge in [-0.05, 0) is 23.1 Å². The summed E-state index contributed by atoms with van der Waals surface area (Å²) in [5, 5.41) is 0.144. The second kappa shape index (κ2) is 3.62. The Hall–Kier alpha value is -0.740. The van der Waals surface area contributed by atoms with Crippen LogP contribution >= 0.6 is 11.6 Å². The number of hydrogen-bond donors (Lipinski definition) is 1. The Morgan fingerprint density at radius 1 is 1.29 bits per heavy atom. The largest absolute Gasteiger partial charge is 0.416 e. The van der Waals surface area contributed by atoms with Gasteiger partial charge in [-0.25, -0.2) is 0 Å². The SMILES string of the molecule is CC1(C)[C@H](N)[C@H]1c1c(Cl)cccc1C(F)(F)F. The van der Waals surface area contributed by atoms with Crippen molar-refractivity contribution < 1.29 is 13.2 Å².